The van der Waals surface area contributed by atoms with E-state index in [1.54, 1.807) is 0 Å². The Morgan fingerprint density at radius 3 is 0.894 bits per heavy atom. The highest BCUT2D eigenvalue weighted by Gasteiger charge is 2.30. The van der Waals surface area contributed by atoms with Crippen molar-refractivity contribution >= 4 is 39.5 Å². The fourth-order valence-electron chi connectivity index (χ4n) is 9.85. The normalized spacial score (nSPS) is 14.6. The van der Waals surface area contributed by atoms with E-state index in [9.17, 15) is 43.2 Å². The standard InChI is InChI=1S/C66H128O17P2/c1-7-10-12-14-15-24-32-38-44-50-65(70)82-61(54-76-63(68)48-42-34-13-11-8-2)56-80-84(72,73)78-52-60(67)53-79-85(74,75)81-57-62(55-77-64(69)49-43-37-31-27-23-22-25-29-35-40-46-58(4)5)83-66(71)51-45-39-33-28-21-19-17-16-18-20-26-30-36-41-47-59(6)9-3/h58-62,67H,7-57H2,1-6H3,(H,72,73)(H,74,75)/t59?,60-,61+,62+/m0/s1. The number of unbranched alkanes of at least 4 members (excludes halogenated alkanes) is 34. The van der Waals surface area contributed by atoms with Gasteiger partial charge in [-0.15, -0.1) is 0 Å². The smallest absolute Gasteiger partial charge is 0.462 e. The number of ether oxygens (including phenoxy) is 4. The summed E-state index contributed by atoms with van der Waals surface area (Å²) in [6.07, 6.45) is 42.0. The summed E-state index contributed by atoms with van der Waals surface area (Å²) < 4.78 is 67.9. The molecule has 0 aromatic rings. The summed E-state index contributed by atoms with van der Waals surface area (Å²) >= 11 is 0. The van der Waals surface area contributed by atoms with E-state index in [0.29, 0.717) is 25.7 Å². The molecule has 0 radical (unpaired) electrons. The van der Waals surface area contributed by atoms with Gasteiger partial charge in [0.2, 0.25) is 0 Å². The van der Waals surface area contributed by atoms with Crippen LogP contribution in [0.2, 0.25) is 0 Å². The molecule has 85 heavy (non-hydrogen) atoms. The molecule has 6 atom stereocenters. The zero-order chi connectivity index (χ0) is 62.9. The first-order valence-corrected chi connectivity index (χ1v) is 37.5. The van der Waals surface area contributed by atoms with E-state index in [-0.39, 0.29) is 25.7 Å². The number of phosphoric ester groups is 2. The Labute approximate surface area is 517 Å². The Kier molecular flexibility index (Phi) is 57.1. The molecule has 0 aromatic heterocycles. The molecule has 504 valence electrons. The second kappa shape index (κ2) is 58.4. The minimum absolute atomic E-state index is 0.105. The predicted molar refractivity (Wildman–Crippen MR) is 340 cm³/mol. The van der Waals surface area contributed by atoms with Gasteiger partial charge in [0.05, 0.1) is 26.4 Å². The average Bonchev–Trinajstić information content (AvgIpc) is 3.56. The molecule has 0 aliphatic heterocycles. The fraction of sp³-hybridized carbons (Fsp3) is 0.939. The van der Waals surface area contributed by atoms with Crippen molar-refractivity contribution in [1.82, 2.24) is 0 Å². The summed E-state index contributed by atoms with van der Waals surface area (Å²) in [5.41, 5.74) is 0. The van der Waals surface area contributed by atoms with Gasteiger partial charge in [0.1, 0.15) is 19.3 Å². The lowest BCUT2D eigenvalue weighted by molar-refractivity contribution is -0.161. The summed E-state index contributed by atoms with van der Waals surface area (Å²) in [7, 11) is -9.88. The van der Waals surface area contributed by atoms with Crippen LogP contribution in [0.4, 0.5) is 0 Å². The molecule has 17 nitrogen and oxygen atoms in total. The number of esters is 4. The maximum Gasteiger partial charge on any atom is 0.472 e. The van der Waals surface area contributed by atoms with Gasteiger partial charge in [0, 0.05) is 25.7 Å². The Balaban J connectivity index is 5.15. The maximum absolute atomic E-state index is 13.0. The largest absolute Gasteiger partial charge is 0.472 e. The topological polar surface area (TPSA) is 237 Å². The van der Waals surface area contributed by atoms with Crippen LogP contribution < -0.4 is 0 Å². The van der Waals surface area contributed by atoms with Crippen LogP contribution in [0.5, 0.6) is 0 Å². The molecule has 19 heteroatoms. The Bertz CT molecular complexity index is 1670. The molecule has 0 spiro atoms. The van der Waals surface area contributed by atoms with Gasteiger partial charge < -0.3 is 33.8 Å². The van der Waals surface area contributed by atoms with Crippen LogP contribution in [0.3, 0.4) is 0 Å². The van der Waals surface area contributed by atoms with E-state index < -0.39 is 97.5 Å². The van der Waals surface area contributed by atoms with Gasteiger partial charge in [0.25, 0.3) is 0 Å². The second-order valence-electron chi connectivity index (χ2n) is 24.6. The summed E-state index contributed by atoms with van der Waals surface area (Å²) in [6.45, 7) is 9.46. The van der Waals surface area contributed by atoms with Gasteiger partial charge >= 0.3 is 39.5 Å². The summed E-state index contributed by atoms with van der Waals surface area (Å²) in [5, 5.41) is 10.5. The summed E-state index contributed by atoms with van der Waals surface area (Å²) in [4.78, 5) is 72.0. The zero-order valence-corrected chi connectivity index (χ0v) is 56.7. The summed E-state index contributed by atoms with van der Waals surface area (Å²) in [5.74, 6) is -0.538. The molecule has 0 bridgehead atoms. The van der Waals surface area contributed by atoms with E-state index in [1.165, 1.54) is 141 Å². The quantitative estimate of drug-likeness (QED) is 0.0222. The molecule has 0 aliphatic carbocycles. The third kappa shape index (κ3) is 59.5. The lowest BCUT2D eigenvalue weighted by Gasteiger charge is -2.21. The van der Waals surface area contributed by atoms with Gasteiger partial charge in [-0.2, -0.15) is 0 Å². The monoisotopic (exact) mass is 1250 g/mol. The lowest BCUT2D eigenvalue weighted by Crippen LogP contribution is -2.30. The van der Waals surface area contributed by atoms with Crippen LogP contribution >= 0.6 is 15.6 Å². The van der Waals surface area contributed by atoms with Crippen LogP contribution in [0, 0.1) is 11.8 Å². The van der Waals surface area contributed by atoms with Gasteiger partial charge in [0.15, 0.2) is 12.2 Å². The van der Waals surface area contributed by atoms with Crippen molar-refractivity contribution in [1.29, 1.82) is 0 Å². The Hall–Kier alpha value is -1.94. The average molecular weight is 1260 g/mol. The highest BCUT2D eigenvalue weighted by Crippen LogP contribution is 2.45. The zero-order valence-electron chi connectivity index (χ0n) is 54.9. The fourth-order valence-corrected chi connectivity index (χ4v) is 11.4. The third-order valence-electron chi connectivity index (χ3n) is 15.6. The first-order chi connectivity index (χ1) is 40.9. The van der Waals surface area contributed by atoms with E-state index in [0.717, 1.165) is 108 Å². The molecule has 0 aromatic carbocycles. The van der Waals surface area contributed by atoms with Crippen LogP contribution in [-0.2, 0) is 65.4 Å². The predicted octanol–water partition coefficient (Wildman–Crippen LogP) is 18.4. The lowest BCUT2D eigenvalue weighted by atomic mass is 9.99. The van der Waals surface area contributed by atoms with Crippen molar-refractivity contribution in [2.24, 2.45) is 11.8 Å². The second-order valence-corrected chi connectivity index (χ2v) is 27.5. The molecule has 0 heterocycles. The van der Waals surface area contributed by atoms with E-state index >= 15 is 0 Å². The van der Waals surface area contributed by atoms with Crippen LogP contribution in [0.15, 0.2) is 0 Å². The van der Waals surface area contributed by atoms with Gasteiger partial charge in [-0.25, -0.2) is 9.13 Å². The van der Waals surface area contributed by atoms with E-state index in [4.69, 9.17) is 37.0 Å². The molecule has 3 unspecified atom stereocenters. The molecule has 0 fully saturated rings. The number of hydrogen-bond donors (Lipinski definition) is 3. The Morgan fingerprint density at radius 2 is 0.600 bits per heavy atom. The molecule has 0 rings (SSSR count). The highest BCUT2D eigenvalue weighted by atomic mass is 31.2. The number of carbonyl (C=O) groups is 4. The van der Waals surface area contributed by atoms with Crippen LogP contribution in [0.1, 0.15) is 330 Å². The van der Waals surface area contributed by atoms with Crippen molar-refractivity contribution in [3.8, 4) is 0 Å². The van der Waals surface area contributed by atoms with Crippen LogP contribution in [0.25, 0.3) is 0 Å². The van der Waals surface area contributed by atoms with E-state index in [2.05, 4.69) is 41.5 Å². The summed E-state index contributed by atoms with van der Waals surface area (Å²) in [6, 6.07) is 0. The van der Waals surface area contributed by atoms with E-state index in [1.807, 2.05) is 0 Å². The Morgan fingerprint density at radius 1 is 0.341 bits per heavy atom. The van der Waals surface area contributed by atoms with Crippen molar-refractivity contribution in [2.75, 3.05) is 39.6 Å². The van der Waals surface area contributed by atoms with Crippen molar-refractivity contribution in [3.63, 3.8) is 0 Å². The number of aliphatic hydroxyl groups is 1. The van der Waals surface area contributed by atoms with Crippen molar-refractivity contribution in [3.05, 3.63) is 0 Å². The number of aliphatic hydroxyl groups excluding tert-OH is 1. The van der Waals surface area contributed by atoms with Crippen molar-refractivity contribution in [2.45, 2.75) is 349 Å². The maximum atomic E-state index is 13.0. The molecule has 0 amide bonds. The molecular weight excluding hydrogens is 1130 g/mol. The number of phosphoric acid groups is 2. The third-order valence-corrected chi connectivity index (χ3v) is 17.5. The van der Waals surface area contributed by atoms with Gasteiger partial charge in [-0.1, -0.05) is 279 Å². The molecular formula is C66H128O17P2. The molecule has 0 saturated heterocycles. The highest BCUT2D eigenvalue weighted by molar-refractivity contribution is 7.47. The molecule has 0 saturated carbocycles. The van der Waals surface area contributed by atoms with Crippen LogP contribution in [-0.4, -0.2) is 96.7 Å². The number of carbonyl (C=O) groups excluding carboxylic acids is 4. The van der Waals surface area contributed by atoms with Gasteiger partial charge in [-0.3, -0.25) is 37.3 Å². The first-order valence-electron chi connectivity index (χ1n) is 34.5. The first kappa shape index (κ1) is 83.1. The molecule has 0 aliphatic rings. The number of rotatable bonds is 65. The molecule has 3 N–H and O–H groups in total. The van der Waals surface area contributed by atoms with Gasteiger partial charge in [-0.05, 0) is 37.5 Å². The number of hydrogen-bond acceptors (Lipinski definition) is 15. The van der Waals surface area contributed by atoms with Crippen molar-refractivity contribution < 1.29 is 80.2 Å². The SMILES string of the molecule is CCCCCCCCCCCC(=O)O[C@H](COC(=O)CCCCCCC)COP(=O)(O)OC[C@H](O)COP(=O)(O)OC[C@@H](COC(=O)CCCCCCCCCCCCC(C)C)OC(=O)CCCCCCCCCCCCCCCCC(C)CC. The minimum atomic E-state index is -4.95. The minimum Gasteiger partial charge on any atom is -0.462 e.